The quantitative estimate of drug-likeness (QED) is 0.587. The van der Waals surface area contributed by atoms with Crippen LogP contribution < -0.4 is 10.1 Å². The van der Waals surface area contributed by atoms with Crippen LogP contribution in [0.25, 0.3) is 0 Å². The molecule has 8 heteroatoms. The second-order valence-electron chi connectivity index (χ2n) is 6.70. The van der Waals surface area contributed by atoms with E-state index in [0.29, 0.717) is 29.4 Å². The highest BCUT2D eigenvalue weighted by molar-refractivity contribution is 5.95. The second kappa shape index (κ2) is 9.21. The minimum Gasteiger partial charge on any atom is -0.489 e. The molecule has 156 valence electrons. The molecule has 2 aromatic carbocycles. The van der Waals surface area contributed by atoms with E-state index in [-0.39, 0.29) is 5.56 Å². The predicted molar refractivity (Wildman–Crippen MR) is 107 cm³/mol. The van der Waals surface area contributed by atoms with Crippen molar-refractivity contribution in [3.63, 3.8) is 0 Å². The van der Waals surface area contributed by atoms with Crippen LogP contribution in [0.5, 0.6) is 5.75 Å². The maximum atomic E-state index is 13.5. The van der Waals surface area contributed by atoms with Crippen molar-refractivity contribution < 1.29 is 28.0 Å². The average Bonchev–Trinajstić information content (AvgIpc) is 3.05. The molecule has 0 spiro atoms. The van der Waals surface area contributed by atoms with Crippen molar-refractivity contribution in [1.82, 2.24) is 5.16 Å². The first-order valence-electron chi connectivity index (χ1n) is 9.21. The molecule has 0 saturated heterocycles. The lowest BCUT2D eigenvalue weighted by Crippen LogP contribution is -2.21. The van der Waals surface area contributed by atoms with Crippen molar-refractivity contribution >= 4 is 17.6 Å². The Morgan fingerprint density at radius 3 is 2.47 bits per heavy atom. The topological polar surface area (TPSA) is 90.7 Å². The highest BCUT2D eigenvalue weighted by Crippen LogP contribution is 2.18. The number of nitrogens with one attached hydrogen (secondary N) is 1. The average molecular weight is 412 g/mol. The Bertz CT molecular complexity index is 1040. The molecule has 0 bridgehead atoms. The summed E-state index contributed by atoms with van der Waals surface area (Å²) in [5, 5.41) is 6.34. The van der Waals surface area contributed by atoms with Gasteiger partial charge in [0.15, 0.2) is 6.61 Å². The van der Waals surface area contributed by atoms with Crippen molar-refractivity contribution in [2.45, 2.75) is 27.4 Å². The molecule has 0 fully saturated rings. The number of halogens is 1. The number of aryl methyl sites for hydroxylation is 3. The monoisotopic (exact) mass is 412 g/mol. The first kappa shape index (κ1) is 21.0. The van der Waals surface area contributed by atoms with Gasteiger partial charge in [-0.25, -0.2) is 9.18 Å². The summed E-state index contributed by atoms with van der Waals surface area (Å²) in [7, 11) is 0. The summed E-state index contributed by atoms with van der Waals surface area (Å²) < 4.78 is 29.3. The SMILES string of the molecule is Cc1ccc(NC(=O)COC(=O)c2ccc(OCc3c(C)noc3C)cc2)cc1F. The zero-order valence-corrected chi connectivity index (χ0v) is 16.8. The normalized spacial score (nSPS) is 10.5. The first-order chi connectivity index (χ1) is 14.3. The van der Waals surface area contributed by atoms with Gasteiger partial charge in [-0.2, -0.15) is 0 Å². The number of carbonyl (C=O) groups excluding carboxylic acids is 2. The number of benzene rings is 2. The van der Waals surface area contributed by atoms with Gasteiger partial charge < -0.3 is 19.3 Å². The molecule has 30 heavy (non-hydrogen) atoms. The Labute approximate surface area is 172 Å². The third-order valence-electron chi connectivity index (χ3n) is 4.44. The highest BCUT2D eigenvalue weighted by Gasteiger charge is 2.13. The molecule has 0 aliphatic carbocycles. The van der Waals surface area contributed by atoms with E-state index in [0.717, 1.165) is 11.3 Å². The zero-order valence-electron chi connectivity index (χ0n) is 16.8. The molecule has 7 nitrogen and oxygen atoms in total. The molecule has 1 aromatic heterocycles. The van der Waals surface area contributed by atoms with E-state index in [2.05, 4.69) is 10.5 Å². The van der Waals surface area contributed by atoms with Gasteiger partial charge >= 0.3 is 5.97 Å². The minimum atomic E-state index is -0.655. The van der Waals surface area contributed by atoms with Gasteiger partial charge in [-0.05, 0) is 62.7 Å². The molecule has 1 N–H and O–H groups in total. The van der Waals surface area contributed by atoms with Crippen molar-refractivity contribution in [3.05, 3.63) is 76.4 Å². The fraction of sp³-hybridized carbons (Fsp3) is 0.227. The molecule has 3 aromatic rings. The second-order valence-corrected chi connectivity index (χ2v) is 6.70. The molecule has 0 saturated carbocycles. The zero-order chi connectivity index (χ0) is 21.7. The van der Waals surface area contributed by atoms with Crippen LogP contribution in [-0.2, 0) is 16.1 Å². The fourth-order valence-corrected chi connectivity index (χ4v) is 2.63. The third kappa shape index (κ3) is 5.22. The maximum Gasteiger partial charge on any atom is 0.338 e. The van der Waals surface area contributed by atoms with Gasteiger partial charge in [0, 0.05) is 5.69 Å². The first-order valence-corrected chi connectivity index (χ1v) is 9.21. The lowest BCUT2D eigenvalue weighted by molar-refractivity contribution is -0.119. The molecule has 0 unspecified atom stereocenters. The number of rotatable bonds is 7. The molecule has 0 aliphatic heterocycles. The van der Waals surface area contributed by atoms with Gasteiger partial charge in [-0.1, -0.05) is 11.2 Å². The summed E-state index contributed by atoms with van der Waals surface area (Å²) >= 11 is 0. The number of anilines is 1. The number of nitrogens with zero attached hydrogens (tertiary/aromatic N) is 1. The molecule has 1 heterocycles. The summed E-state index contributed by atoms with van der Waals surface area (Å²) in [5.41, 5.74) is 2.67. The van der Waals surface area contributed by atoms with Crippen LogP contribution in [0.15, 0.2) is 47.0 Å². The Morgan fingerprint density at radius 1 is 1.10 bits per heavy atom. The minimum absolute atomic E-state index is 0.272. The Morgan fingerprint density at radius 2 is 1.83 bits per heavy atom. The lowest BCUT2D eigenvalue weighted by atomic mass is 10.2. The summed E-state index contributed by atoms with van der Waals surface area (Å²) in [4.78, 5) is 24.0. The summed E-state index contributed by atoms with van der Waals surface area (Å²) in [5.74, 6) is -0.393. The summed E-state index contributed by atoms with van der Waals surface area (Å²) in [6, 6.07) is 10.7. The van der Waals surface area contributed by atoms with Crippen LogP contribution in [0, 0.1) is 26.6 Å². The molecule has 3 rings (SSSR count). The van der Waals surface area contributed by atoms with Gasteiger partial charge in [-0.3, -0.25) is 4.79 Å². The maximum absolute atomic E-state index is 13.5. The predicted octanol–water partition coefficient (Wildman–Crippen LogP) is 4.11. The summed E-state index contributed by atoms with van der Waals surface area (Å²) in [6.07, 6.45) is 0. The van der Waals surface area contributed by atoms with Crippen LogP contribution in [0.1, 0.15) is 32.9 Å². The van der Waals surface area contributed by atoms with E-state index in [1.807, 2.05) is 13.8 Å². The van der Waals surface area contributed by atoms with E-state index in [9.17, 15) is 14.0 Å². The van der Waals surface area contributed by atoms with Gasteiger partial charge in [-0.15, -0.1) is 0 Å². The van der Waals surface area contributed by atoms with E-state index in [1.54, 1.807) is 31.2 Å². The lowest BCUT2D eigenvalue weighted by Gasteiger charge is -2.09. The summed E-state index contributed by atoms with van der Waals surface area (Å²) in [6.45, 7) is 5.07. The van der Waals surface area contributed by atoms with E-state index in [1.165, 1.54) is 18.2 Å². The van der Waals surface area contributed by atoms with E-state index >= 15 is 0 Å². The van der Waals surface area contributed by atoms with E-state index in [4.69, 9.17) is 14.0 Å². The third-order valence-corrected chi connectivity index (χ3v) is 4.44. The van der Waals surface area contributed by atoms with Crippen LogP contribution >= 0.6 is 0 Å². The van der Waals surface area contributed by atoms with Gasteiger partial charge in [0.2, 0.25) is 0 Å². The van der Waals surface area contributed by atoms with Crippen molar-refractivity contribution in [3.8, 4) is 5.75 Å². The highest BCUT2D eigenvalue weighted by atomic mass is 19.1. The number of esters is 1. The Hall–Kier alpha value is -3.68. The van der Waals surface area contributed by atoms with Crippen molar-refractivity contribution in [1.29, 1.82) is 0 Å². The number of hydrogen-bond acceptors (Lipinski definition) is 6. The van der Waals surface area contributed by atoms with Crippen LogP contribution in [0.4, 0.5) is 10.1 Å². The van der Waals surface area contributed by atoms with E-state index < -0.39 is 24.3 Å². The van der Waals surface area contributed by atoms with Gasteiger partial charge in [0.1, 0.15) is 23.9 Å². The largest absolute Gasteiger partial charge is 0.489 e. The van der Waals surface area contributed by atoms with Crippen molar-refractivity contribution in [2.24, 2.45) is 0 Å². The van der Waals surface area contributed by atoms with Crippen LogP contribution in [0.3, 0.4) is 0 Å². The number of amides is 1. The molecule has 0 radical (unpaired) electrons. The number of carbonyl (C=O) groups is 2. The fourth-order valence-electron chi connectivity index (χ4n) is 2.63. The number of hydrogen-bond donors (Lipinski definition) is 1. The molecular weight excluding hydrogens is 391 g/mol. The van der Waals surface area contributed by atoms with Crippen molar-refractivity contribution in [2.75, 3.05) is 11.9 Å². The van der Waals surface area contributed by atoms with Crippen LogP contribution in [0.2, 0.25) is 0 Å². The smallest absolute Gasteiger partial charge is 0.338 e. The van der Waals surface area contributed by atoms with Gasteiger partial charge in [0.25, 0.3) is 5.91 Å². The van der Waals surface area contributed by atoms with Gasteiger partial charge in [0.05, 0.1) is 16.8 Å². The Balaban J connectivity index is 1.49. The number of aromatic nitrogens is 1. The van der Waals surface area contributed by atoms with Crippen LogP contribution in [-0.4, -0.2) is 23.6 Å². The number of ether oxygens (including phenoxy) is 2. The molecule has 1 amide bonds. The molecular formula is C22H21FN2O5. The standard InChI is InChI=1S/C22H21FN2O5/c1-13-4-7-17(10-20(13)23)24-21(26)12-29-22(27)16-5-8-18(9-6-16)28-11-19-14(2)25-30-15(19)3/h4-10H,11-12H2,1-3H3,(H,24,26). The Kier molecular flexibility index (Phi) is 6.46. The molecule has 0 aliphatic rings. The molecule has 0 atom stereocenters.